The summed E-state index contributed by atoms with van der Waals surface area (Å²) in [5.74, 6) is 3.12. The van der Waals surface area contributed by atoms with Crippen molar-refractivity contribution in [1.82, 2.24) is 10.1 Å². The minimum atomic E-state index is 0.107. The molecule has 0 radical (unpaired) electrons. The molecule has 3 rings (SSSR count). The Kier molecular flexibility index (Phi) is 2.20. The van der Waals surface area contributed by atoms with Gasteiger partial charge in [-0.05, 0) is 31.6 Å². The molecule has 2 fully saturated rings. The topological polar surface area (TPSA) is 62.7 Å². The molecule has 0 amide bonds. The van der Waals surface area contributed by atoms with E-state index < -0.39 is 0 Å². The molecule has 1 aromatic heterocycles. The highest BCUT2D eigenvalue weighted by molar-refractivity contribution is 5.16. The van der Waals surface area contributed by atoms with E-state index in [9.17, 15) is 0 Å². The number of nitriles is 1. The zero-order valence-corrected chi connectivity index (χ0v) is 9.39. The van der Waals surface area contributed by atoms with Crippen LogP contribution in [0.4, 0.5) is 0 Å². The summed E-state index contributed by atoms with van der Waals surface area (Å²) in [6.45, 7) is 2.27. The van der Waals surface area contributed by atoms with Crippen molar-refractivity contribution >= 4 is 0 Å². The number of rotatable bonds is 2. The summed E-state index contributed by atoms with van der Waals surface area (Å²) in [5, 5.41) is 12.8. The first-order valence-electron chi connectivity index (χ1n) is 6.01. The average Bonchev–Trinajstić information content (AvgIpc) is 2.71. The Morgan fingerprint density at radius 3 is 2.88 bits per heavy atom. The molecule has 84 valence electrons. The van der Waals surface area contributed by atoms with Crippen molar-refractivity contribution in [3.8, 4) is 6.07 Å². The van der Waals surface area contributed by atoms with Gasteiger partial charge in [0.25, 0.3) is 0 Å². The summed E-state index contributed by atoms with van der Waals surface area (Å²) in [7, 11) is 0. The lowest BCUT2D eigenvalue weighted by Crippen LogP contribution is -1.96. The Labute approximate surface area is 94.6 Å². The molecule has 0 bridgehead atoms. The van der Waals surface area contributed by atoms with E-state index in [1.54, 1.807) is 0 Å². The van der Waals surface area contributed by atoms with Crippen LogP contribution in [0.3, 0.4) is 0 Å². The van der Waals surface area contributed by atoms with Gasteiger partial charge >= 0.3 is 0 Å². The highest BCUT2D eigenvalue weighted by atomic mass is 16.5. The molecular weight excluding hydrogens is 202 g/mol. The van der Waals surface area contributed by atoms with E-state index in [-0.39, 0.29) is 11.8 Å². The molecule has 4 atom stereocenters. The predicted octanol–water partition coefficient (Wildman–Crippen LogP) is 2.60. The average molecular weight is 217 g/mol. The van der Waals surface area contributed by atoms with Gasteiger partial charge in [-0.3, -0.25) is 0 Å². The molecule has 4 heteroatoms. The quantitative estimate of drug-likeness (QED) is 0.763. The van der Waals surface area contributed by atoms with Gasteiger partial charge in [-0.1, -0.05) is 12.1 Å². The molecule has 4 nitrogen and oxygen atoms in total. The summed E-state index contributed by atoms with van der Waals surface area (Å²) >= 11 is 0. The fraction of sp³-hybridized carbons (Fsp3) is 0.750. The van der Waals surface area contributed by atoms with Crippen LogP contribution in [0.25, 0.3) is 0 Å². The minimum absolute atomic E-state index is 0.107. The van der Waals surface area contributed by atoms with Crippen LogP contribution in [0.2, 0.25) is 0 Å². The molecule has 0 aliphatic heterocycles. The first-order chi connectivity index (χ1) is 7.78. The standard InChI is InChI=1S/C12H15N3O/c1-7-2-3-8(4-7)11-14-12(16-15-11)10-5-9(10)6-13/h7-10H,2-5H2,1H3. The number of hydrogen-bond acceptors (Lipinski definition) is 4. The molecule has 1 heterocycles. The highest BCUT2D eigenvalue weighted by Gasteiger charge is 2.43. The first kappa shape index (κ1) is 9.83. The zero-order valence-electron chi connectivity index (χ0n) is 9.39. The SMILES string of the molecule is CC1CCC(c2noc(C3CC3C#N)n2)C1. The van der Waals surface area contributed by atoms with Crippen molar-refractivity contribution in [3.63, 3.8) is 0 Å². The Hall–Kier alpha value is -1.37. The Balaban J connectivity index is 1.72. The lowest BCUT2D eigenvalue weighted by Gasteiger charge is -2.01. The maximum Gasteiger partial charge on any atom is 0.231 e. The van der Waals surface area contributed by atoms with Crippen LogP contribution in [0, 0.1) is 23.2 Å². The van der Waals surface area contributed by atoms with E-state index in [1.165, 1.54) is 19.3 Å². The molecule has 0 spiro atoms. The zero-order chi connectivity index (χ0) is 11.1. The number of hydrogen-bond donors (Lipinski definition) is 0. The third-order valence-electron chi connectivity index (χ3n) is 3.79. The molecule has 2 aliphatic rings. The lowest BCUT2D eigenvalue weighted by atomic mass is 10.1. The monoisotopic (exact) mass is 217 g/mol. The minimum Gasteiger partial charge on any atom is -0.339 e. The van der Waals surface area contributed by atoms with E-state index in [4.69, 9.17) is 9.78 Å². The molecule has 1 aromatic rings. The Bertz CT molecular complexity index is 434. The Morgan fingerprint density at radius 2 is 2.25 bits per heavy atom. The second-order valence-corrected chi connectivity index (χ2v) is 5.18. The van der Waals surface area contributed by atoms with Crippen molar-refractivity contribution in [2.75, 3.05) is 0 Å². The van der Waals surface area contributed by atoms with Crippen LogP contribution in [0.5, 0.6) is 0 Å². The third-order valence-corrected chi connectivity index (χ3v) is 3.79. The maximum absolute atomic E-state index is 8.75. The van der Waals surface area contributed by atoms with E-state index >= 15 is 0 Å². The molecular formula is C12H15N3O. The molecule has 0 aromatic carbocycles. The van der Waals surface area contributed by atoms with E-state index in [1.807, 2.05) is 0 Å². The fourth-order valence-electron chi connectivity index (χ4n) is 2.62. The summed E-state index contributed by atoms with van der Waals surface area (Å²) in [4.78, 5) is 4.46. The van der Waals surface area contributed by atoms with E-state index in [2.05, 4.69) is 23.1 Å². The second-order valence-electron chi connectivity index (χ2n) is 5.18. The smallest absolute Gasteiger partial charge is 0.231 e. The van der Waals surface area contributed by atoms with Crippen LogP contribution in [-0.4, -0.2) is 10.1 Å². The number of nitrogens with zero attached hydrogens (tertiary/aromatic N) is 3. The molecule has 4 unspecified atom stereocenters. The summed E-state index contributed by atoms with van der Waals surface area (Å²) in [6.07, 6.45) is 4.50. The third kappa shape index (κ3) is 1.60. The number of aromatic nitrogens is 2. The molecule has 0 saturated heterocycles. The van der Waals surface area contributed by atoms with Crippen LogP contribution in [0.15, 0.2) is 4.52 Å². The van der Waals surface area contributed by atoms with Crippen molar-refractivity contribution < 1.29 is 4.52 Å². The molecule has 2 aliphatic carbocycles. The largest absolute Gasteiger partial charge is 0.339 e. The van der Waals surface area contributed by atoms with Crippen molar-refractivity contribution in [1.29, 1.82) is 5.26 Å². The maximum atomic E-state index is 8.75. The van der Waals surface area contributed by atoms with Crippen LogP contribution >= 0.6 is 0 Å². The van der Waals surface area contributed by atoms with Crippen LogP contribution in [0.1, 0.15) is 56.2 Å². The summed E-state index contributed by atoms with van der Waals surface area (Å²) < 4.78 is 5.26. The van der Waals surface area contributed by atoms with Crippen molar-refractivity contribution in [3.05, 3.63) is 11.7 Å². The second kappa shape index (κ2) is 3.58. The van der Waals surface area contributed by atoms with E-state index in [0.29, 0.717) is 11.8 Å². The normalized spacial score (nSPS) is 37.2. The van der Waals surface area contributed by atoms with Gasteiger partial charge < -0.3 is 4.52 Å². The molecule has 2 saturated carbocycles. The van der Waals surface area contributed by atoms with Crippen molar-refractivity contribution in [2.45, 2.75) is 44.4 Å². The highest BCUT2D eigenvalue weighted by Crippen LogP contribution is 2.46. The van der Waals surface area contributed by atoms with Gasteiger partial charge in [0.05, 0.1) is 17.9 Å². The Morgan fingerprint density at radius 1 is 1.38 bits per heavy atom. The summed E-state index contributed by atoms with van der Waals surface area (Å²) in [5.41, 5.74) is 0. The first-order valence-corrected chi connectivity index (χ1v) is 6.01. The van der Waals surface area contributed by atoms with Gasteiger partial charge in [0.2, 0.25) is 5.89 Å². The van der Waals surface area contributed by atoms with Gasteiger partial charge in [0, 0.05) is 5.92 Å². The molecule has 0 N–H and O–H groups in total. The summed E-state index contributed by atoms with van der Waals surface area (Å²) in [6, 6.07) is 2.25. The van der Waals surface area contributed by atoms with Gasteiger partial charge in [-0.15, -0.1) is 0 Å². The van der Waals surface area contributed by atoms with Gasteiger partial charge in [-0.2, -0.15) is 10.2 Å². The van der Waals surface area contributed by atoms with Crippen molar-refractivity contribution in [2.24, 2.45) is 11.8 Å². The predicted molar refractivity (Wildman–Crippen MR) is 56.5 cm³/mol. The van der Waals surface area contributed by atoms with Crippen LogP contribution in [-0.2, 0) is 0 Å². The van der Waals surface area contributed by atoms with E-state index in [0.717, 1.165) is 18.2 Å². The fourth-order valence-corrected chi connectivity index (χ4v) is 2.62. The molecule has 16 heavy (non-hydrogen) atoms. The van der Waals surface area contributed by atoms with Gasteiger partial charge in [-0.25, -0.2) is 0 Å². The van der Waals surface area contributed by atoms with Gasteiger partial charge in [0.1, 0.15) is 0 Å². The lowest BCUT2D eigenvalue weighted by molar-refractivity contribution is 0.368. The van der Waals surface area contributed by atoms with Crippen LogP contribution < -0.4 is 0 Å². The van der Waals surface area contributed by atoms with Gasteiger partial charge in [0.15, 0.2) is 5.82 Å².